The molecule has 0 unspecified atom stereocenters. The van der Waals surface area contributed by atoms with Crippen LogP contribution in [0, 0.1) is 5.92 Å². The monoisotopic (exact) mass is 334 g/mol. The summed E-state index contributed by atoms with van der Waals surface area (Å²) in [5.41, 5.74) is 0.895. The molecule has 7 nitrogen and oxygen atoms in total. The Balaban J connectivity index is 1.90. The van der Waals surface area contributed by atoms with E-state index in [0.29, 0.717) is 43.8 Å². The molecule has 1 saturated heterocycles. The van der Waals surface area contributed by atoms with E-state index in [-0.39, 0.29) is 17.9 Å². The molecule has 2 rings (SSSR count). The summed E-state index contributed by atoms with van der Waals surface area (Å²) < 4.78 is 9.68. The summed E-state index contributed by atoms with van der Waals surface area (Å²) in [5, 5.41) is 2.76. The first-order valence-corrected chi connectivity index (χ1v) is 7.96. The quantitative estimate of drug-likeness (QED) is 0.854. The summed E-state index contributed by atoms with van der Waals surface area (Å²) in [7, 11) is 1.31. The molecule has 0 saturated carbocycles. The van der Waals surface area contributed by atoms with Crippen molar-refractivity contribution in [2.75, 3.05) is 32.1 Å². The lowest BCUT2D eigenvalue weighted by atomic mass is 9.97. The summed E-state index contributed by atoms with van der Waals surface area (Å²) in [5.74, 6) is -0.790. The van der Waals surface area contributed by atoms with Crippen LogP contribution in [-0.2, 0) is 14.3 Å². The SMILES string of the molecule is CCOC(=O)C1CCN(C(=O)Nc2cccc(C(=O)OC)c2)CC1. The highest BCUT2D eigenvalue weighted by molar-refractivity contribution is 5.94. The van der Waals surface area contributed by atoms with Gasteiger partial charge in [0.05, 0.1) is 25.2 Å². The van der Waals surface area contributed by atoms with Gasteiger partial charge in [0.1, 0.15) is 0 Å². The molecule has 1 aromatic rings. The molecule has 1 heterocycles. The number of ether oxygens (including phenoxy) is 2. The fourth-order valence-electron chi connectivity index (χ4n) is 2.62. The summed E-state index contributed by atoms with van der Waals surface area (Å²) in [6.45, 7) is 3.14. The molecule has 2 amide bonds. The molecule has 1 aromatic carbocycles. The largest absolute Gasteiger partial charge is 0.466 e. The van der Waals surface area contributed by atoms with E-state index in [4.69, 9.17) is 4.74 Å². The number of hydrogen-bond donors (Lipinski definition) is 1. The zero-order valence-corrected chi connectivity index (χ0v) is 13.9. The Labute approximate surface area is 140 Å². The lowest BCUT2D eigenvalue weighted by Gasteiger charge is -2.30. The number of benzene rings is 1. The van der Waals surface area contributed by atoms with Crippen molar-refractivity contribution in [3.05, 3.63) is 29.8 Å². The zero-order chi connectivity index (χ0) is 17.5. The van der Waals surface area contributed by atoms with Crippen molar-refractivity contribution >= 4 is 23.7 Å². The average Bonchev–Trinajstić information content (AvgIpc) is 2.61. The number of urea groups is 1. The van der Waals surface area contributed by atoms with Gasteiger partial charge in [-0.2, -0.15) is 0 Å². The lowest BCUT2D eigenvalue weighted by molar-refractivity contribution is -0.149. The van der Waals surface area contributed by atoms with E-state index in [2.05, 4.69) is 10.1 Å². The maximum absolute atomic E-state index is 12.3. The second kappa shape index (κ2) is 8.33. The summed E-state index contributed by atoms with van der Waals surface area (Å²) in [4.78, 5) is 37.2. The van der Waals surface area contributed by atoms with E-state index in [1.54, 1.807) is 36.1 Å². The van der Waals surface area contributed by atoms with Gasteiger partial charge in [-0.25, -0.2) is 9.59 Å². The summed E-state index contributed by atoms with van der Waals surface area (Å²) in [6, 6.07) is 6.31. The third-order valence-corrected chi connectivity index (χ3v) is 3.94. The Morgan fingerprint density at radius 1 is 1.25 bits per heavy atom. The van der Waals surface area contributed by atoms with E-state index in [1.165, 1.54) is 7.11 Å². The predicted octanol–water partition coefficient (Wildman–Crippen LogP) is 2.28. The number of methoxy groups -OCH3 is 1. The molecule has 0 bridgehead atoms. The van der Waals surface area contributed by atoms with Crippen LogP contribution in [0.15, 0.2) is 24.3 Å². The van der Waals surface area contributed by atoms with E-state index >= 15 is 0 Å². The third-order valence-electron chi connectivity index (χ3n) is 3.94. The maximum Gasteiger partial charge on any atom is 0.337 e. The van der Waals surface area contributed by atoms with Crippen molar-refractivity contribution in [1.82, 2.24) is 4.90 Å². The van der Waals surface area contributed by atoms with E-state index in [1.807, 2.05) is 0 Å². The van der Waals surface area contributed by atoms with E-state index < -0.39 is 5.97 Å². The highest BCUT2D eigenvalue weighted by Gasteiger charge is 2.28. The number of hydrogen-bond acceptors (Lipinski definition) is 5. The average molecular weight is 334 g/mol. The van der Waals surface area contributed by atoms with E-state index in [0.717, 1.165) is 0 Å². The van der Waals surface area contributed by atoms with Crippen LogP contribution < -0.4 is 5.32 Å². The smallest absolute Gasteiger partial charge is 0.337 e. The minimum absolute atomic E-state index is 0.142. The molecule has 0 radical (unpaired) electrons. The minimum Gasteiger partial charge on any atom is -0.466 e. The van der Waals surface area contributed by atoms with Crippen LogP contribution in [0.2, 0.25) is 0 Å². The van der Waals surface area contributed by atoms with Crippen LogP contribution in [0.5, 0.6) is 0 Å². The Bertz CT molecular complexity index is 609. The molecule has 7 heteroatoms. The number of rotatable bonds is 4. The van der Waals surface area contributed by atoms with Crippen LogP contribution in [0.1, 0.15) is 30.1 Å². The van der Waals surface area contributed by atoms with Gasteiger partial charge in [-0.15, -0.1) is 0 Å². The van der Waals surface area contributed by atoms with Gasteiger partial charge >= 0.3 is 18.0 Å². The molecular formula is C17H22N2O5. The van der Waals surface area contributed by atoms with Crippen LogP contribution in [-0.4, -0.2) is 49.7 Å². The van der Waals surface area contributed by atoms with Crippen LogP contribution in [0.25, 0.3) is 0 Å². The lowest BCUT2D eigenvalue weighted by Crippen LogP contribution is -2.42. The predicted molar refractivity (Wildman–Crippen MR) is 87.7 cm³/mol. The standard InChI is InChI=1S/C17H22N2O5/c1-3-24-16(21)12-7-9-19(10-8-12)17(22)18-14-6-4-5-13(11-14)15(20)23-2/h4-6,11-12H,3,7-10H2,1-2H3,(H,18,22). The first-order chi connectivity index (χ1) is 11.5. The van der Waals surface area contributed by atoms with Gasteiger partial charge in [-0.1, -0.05) is 6.07 Å². The maximum atomic E-state index is 12.3. The number of amides is 2. The van der Waals surface area contributed by atoms with Crippen LogP contribution in [0.4, 0.5) is 10.5 Å². The van der Waals surface area contributed by atoms with Crippen LogP contribution >= 0.6 is 0 Å². The molecule has 1 fully saturated rings. The minimum atomic E-state index is -0.457. The van der Waals surface area contributed by atoms with Gasteiger partial charge in [-0.3, -0.25) is 4.79 Å². The second-order valence-corrected chi connectivity index (χ2v) is 5.52. The van der Waals surface area contributed by atoms with Crippen molar-refractivity contribution in [2.24, 2.45) is 5.92 Å². The van der Waals surface area contributed by atoms with Crippen molar-refractivity contribution in [2.45, 2.75) is 19.8 Å². The first-order valence-electron chi connectivity index (χ1n) is 7.96. The topological polar surface area (TPSA) is 84.9 Å². The molecular weight excluding hydrogens is 312 g/mol. The van der Waals surface area contributed by atoms with Gasteiger partial charge in [0.15, 0.2) is 0 Å². The summed E-state index contributed by atoms with van der Waals surface area (Å²) >= 11 is 0. The van der Waals surface area contributed by atoms with Crippen molar-refractivity contribution < 1.29 is 23.9 Å². The number of likely N-dealkylation sites (tertiary alicyclic amines) is 1. The molecule has 0 aliphatic carbocycles. The molecule has 1 N–H and O–H groups in total. The molecule has 1 aliphatic rings. The third kappa shape index (κ3) is 4.47. The Morgan fingerprint density at radius 3 is 2.58 bits per heavy atom. The number of nitrogens with one attached hydrogen (secondary N) is 1. The van der Waals surface area contributed by atoms with Gasteiger partial charge < -0.3 is 19.7 Å². The van der Waals surface area contributed by atoms with Crippen molar-refractivity contribution in [3.8, 4) is 0 Å². The number of nitrogens with zero attached hydrogens (tertiary/aromatic N) is 1. The Morgan fingerprint density at radius 2 is 1.96 bits per heavy atom. The molecule has 130 valence electrons. The molecule has 1 aliphatic heterocycles. The van der Waals surface area contributed by atoms with E-state index in [9.17, 15) is 14.4 Å². The second-order valence-electron chi connectivity index (χ2n) is 5.52. The zero-order valence-electron chi connectivity index (χ0n) is 13.9. The van der Waals surface area contributed by atoms with Gasteiger partial charge in [0, 0.05) is 18.8 Å². The molecule has 24 heavy (non-hydrogen) atoms. The molecule has 0 aromatic heterocycles. The highest BCUT2D eigenvalue weighted by Crippen LogP contribution is 2.20. The Hall–Kier alpha value is -2.57. The highest BCUT2D eigenvalue weighted by atomic mass is 16.5. The normalized spacial score (nSPS) is 14.8. The number of carbonyl (C=O) groups is 3. The molecule has 0 spiro atoms. The van der Waals surface area contributed by atoms with Gasteiger partial charge in [-0.05, 0) is 38.0 Å². The van der Waals surface area contributed by atoms with Gasteiger partial charge in [0.25, 0.3) is 0 Å². The fourth-order valence-corrected chi connectivity index (χ4v) is 2.62. The Kier molecular flexibility index (Phi) is 6.17. The van der Waals surface area contributed by atoms with Crippen molar-refractivity contribution in [1.29, 1.82) is 0 Å². The first kappa shape index (κ1) is 17.8. The number of esters is 2. The molecule has 0 atom stereocenters. The number of piperidine rings is 1. The number of anilines is 1. The number of carbonyl (C=O) groups excluding carboxylic acids is 3. The van der Waals surface area contributed by atoms with Crippen LogP contribution in [0.3, 0.4) is 0 Å². The summed E-state index contributed by atoms with van der Waals surface area (Å²) in [6.07, 6.45) is 1.18. The van der Waals surface area contributed by atoms with Gasteiger partial charge in [0.2, 0.25) is 0 Å². The fraction of sp³-hybridized carbons (Fsp3) is 0.471. The van der Waals surface area contributed by atoms with Crippen molar-refractivity contribution in [3.63, 3.8) is 0 Å².